The molecule has 1 aromatic carbocycles. The van der Waals surface area contributed by atoms with Gasteiger partial charge in [0.1, 0.15) is 11.6 Å². The Kier molecular flexibility index (Phi) is 5.34. The van der Waals surface area contributed by atoms with Gasteiger partial charge in [0, 0.05) is 12.6 Å². The van der Waals surface area contributed by atoms with Gasteiger partial charge < -0.3 is 5.11 Å². The first-order valence-corrected chi connectivity index (χ1v) is 7.65. The summed E-state index contributed by atoms with van der Waals surface area (Å²) in [7, 11) is 0. The van der Waals surface area contributed by atoms with Crippen LogP contribution in [0.5, 0.6) is 0 Å². The van der Waals surface area contributed by atoms with Crippen molar-refractivity contribution >= 4 is 58.3 Å². The zero-order chi connectivity index (χ0) is 18.2. The number of carbonyl (C=O) groups excluding carboxylic acids is 2. The van der Waals surface area contributed by atoms with Crippen LogP contribution in [0.1, 0.15) is 6.92 Å². The highest BCUT2D eigenvalue weighted by Gasteiger charge is 2.45. The van der Waals surface area contributed by atoms with Gasteiger partial charge in [-0.1, -0.05) is 34.8 Å². The number of aliphatic imine (C=N–C) groups is 1. The number of amides is 3. The lowest BCUT2D eigenvalue weighted by molar-refractivity contribution is -0.111. The summed E-state index contributed by atoms with van der Waals surface area (Å²) in [5.41, 5.74) is -0.460. The molecule has 130 valence electrons. The molecule has 1 aliphatic heterocycles. The number of anilines is 1. The second-order valence-corrected chi connectivity index (χ2v) is 7.00. The molecule has 0 radical (unpaired) electrons. The largest absolute Gasteiger partial charge is 0.368 e. The highest BCUT2D eigenvalue weighted by Crippen LogP contribution is 2.32. The fourth-order valence-corrected chi connectivity index (χ4v) is 2.13. The van der Waals surface area contributed by atoms with Gasteiger partial charge in [-0.2, -0.15) is 0 Å². The quantitative estimate of drug-likeness (QED) is 0.626. The van der Waals surface area contributed by atoms with E-state index in [0.717, 1.165) is 17.0 Å². The van der Waals surface area contributed by atoms with Crippen LogP contribution in [0.4, 0.5) is 19.3 Å². The number of likely N-dealkylation sites (N-methyl/N-ethyl adjacent to an activating group) is 1. The van der Waals surface area contributed by atoms with Crippen molar-refractivity contribution in [2.24, 2.45) is 4.99 Å². The lowest BCUT2D eigenvalue weighted by atomic mass is 10.2. The molecule has 24 heavy (non-hydrogen) atoms. The molecule has 1 fully saturated rings. The van der Waals surface area contributed by atoms with Crippen molar-refractivity contribution in [3.05, 3.63) is 29.8 Å². The molecule has 1 aliphatic rings. The van der Waals surface area contributed by atoms with Gasteiger partial charge in [0.25, 0.3) is 0 Å². The molecule has 0 aromatic heterocycles. The lowest BCUT2D eigenvalue weighted by Crippen LogP contribution is -2.34. The van der Waals surface area contributed by atoms with Gasteiger partial charge in [-0.05, 0) is 19.1 Å². The number of amidine groups is 1. The molecule has 6 nitrogen and oxygen atoms in total. The summed E-state index contributed by atoms with van der Waals surface area (Å²) in [6, 6.07) is 1.42. The van der Waals surface area contributed by atoms with Crippen LogP contribution < -0.4 is 4.90 Å². The number of benzene rings is 1. The van der Waals surface area contributed by atoms with Crippen molar-refractivity contribution in [3.8, 4) is 0 Å². The molecule has 1 N–H and O–H groups in total. The van der Waals surface area contributed by atoms with Crippen LogP contribution >= 0.6 is 34.8 Å². The minimum Gasteiger partial charge on any atom is -0.368 e. The average molecular weight is 401 g/mol. The fourth-order valence-electron chi connectivity index (χ4n) is 1.99. The Morgan fingerprint density at radius 1 is 1.29 bits per heavy atom. The number of aliphatic hydroxyl groups excluding tert-OH is 1. The zero-order valence-electron chi connectivity index (χ0n) is 12.0. The van der Waals surface area contributed by atoms with E-state index < -0.39 is 45.1 Å². The van der Waals surface area contributed by atoms with Gasteiger partial charge in [0.15, 0.2) is 6.23 Å². The van der Waals surface area contributed by atoms with Crippen molar-refractivity contribution in [2.75, 3.05) is 11.4 Å². The van der Waals surface area contributed by atoms with E-state index in [2.05, 4.69) is 4.99 Å². The summed E-state index contributed by atoms with van der Waals surface area (Å²) in [4.78, 5) is 29.6. The summed E-state index contributed by atoms with van der Waals surface area (Å²) in [6.45, 7) is 1.50. The van der Waals surface area contributed by atoms with Crippen molar-refractivity contribution in [2.45, 2.75) is 16.9 Å². The van der Waals surface area contributed by atoms with E-state index in [1.807, 2.05) is 0 Å². The van der Waals surface area contributed by atoms with Crippen LogP contribution in [0.3, 0.4) is 0 Å². The number of imide groups is 1. The number of nitrogens with zero attached hydrogens (tertiary/aromatic N) is 3. The minimum absolute atomic E-state index is 0.0186. The number of rotatable bonds is 3. The first kappa shape index (κ1) is 18.9. The number of aliphatic hydroxyl groups is 1. The van der Waals surface area contributed by atoms with Crippen LogP contribution in [-0.2, 0) is 4.79 Å². The molecule has 0 bridgehead atoms. The number of alkyl halides is 3. The minimum atomic E-state index is -2.23. The molecule has 1 unspecified atom stereocenters. The van der Waals surface area contributed by atoms with Gasteiger partial charge in [0.05, 0.1) is 5.69 Å². The third-order valence-corrected chi connectivity index (χ3v) is 3.66. The molecule has 1 atom stereocenters. The summed E-state index contributed by atoms with van der Waals surface area (Å²) < 4.78 is 24.7. The SMILES string of the molecule is CCN1C(=O)N(c2ccc(F)cc2F)C(=O)C1=NC(O)C(Cl)(Cl)Cl. The highest BCUT2D eigenvalue weighted by molar-refractivity contribution is 6.68. The highest BCUT2D eigenvalue weighted by atomic mass is 35.6. The summed E-state index contributed by atoms with van der Waals surface area (Å²) in [6.07, 6.45) is -1.93. The van der Waals surface area contributed by atoms with E-state index in [4.69, 9.17) is 34.8 Å². The Labute approximate surface area is 150 Å². The van der Waals surface area contributed by atoms with E-state index in [-0.39, 0.29) is 6.54 Å². The van der Waals surface area contributed by atoms with Gasteiger partial charge in [0.2, 0.25) is 9.63 Å². The van der Waals surface area contributed by atoms with E-state index in [1.54, 1.807) is 0 Å². The second-order valence-electron chi connectivity index (χ2n) is 4.63. The molecule has 2 rings (SSSR count). The molecule has 11 heteroatoms. The lowest BCUT2D eigenvalue weighted by Gasteiger charge is -2.17. The molecule has 1 aromatic rings. The number of hydrogen-bond donors (Lipinski definition) is 1. The van der Waals surface area contributed by atoms with Gasteiger partial charge >= 0.3 is 11.9 Å². The summed E-state index contributed by atoms with van der Waals surface area (Å²) >= 11 is 16.4. The van der Waals surface area contributed by atoms with Crippen LogP contribution in [0.2, 0.25) is 0 Å². The van der Waals surface area contributed by atoms with Crippen LogP contribution in [0.25, 0.3) is 0 Å². The van der Waals surface area contributed by atoms with Crippen molar-refractivity contribution in [1.29, 1.82) is 0 Å². The van der Waals surface area contributed by atoms with Crippen LogP contribution in [0, 0.1) is 11.6 Å². The second kappa shape index (κ2) is 6.79. The monoisotopic (exact) mass is 399 g/mol. The van der Waals surface area contributed by atoms with Gasteiger partial charge in [-0.3, -0.25) is 9.69 Å². The van der Waals surface area contributed by atoms with Crippen LogP contribution in [-0.4, -0.2) is 44.3 Å². The normalized spacial score (nSPS) is 18.7. The Balaban J connectivity index is 2.49. The van der Waals surface area contributed by atoms with E-state index in [0.29, 0.717) is 11.0 Å². The first-order valence-electron chi connectivity index (χ1n) is 6.51. The maximum atomic E-state index is 13.9. The van der Waals surface area contributed by atoms with Gasteiger partial charge in [-0.25, -0.2) is 23.5 Å². The average Bonchev–Trinajstić information content (AvgIpc) is 2.69. The first-order chi connectivity index (χ1) is 11.1. The molecule has 0 aliphatic carbocycles. The summed E-state index contributed by atoms with van der Waals surface area (Å²) in [5, 5.41) is 9.70. The van der Waals surface area contributed by atoms with E-state index >= 15 is 0 Å². The number of hydrogen-bond acceptors (Lipinski definition) is 4. The standard InChI is InChI=1S/C13H10Cl3F2N3O3/c1-2-20-9(19-11(23)13(14,15)16)10(22)21(12(20)24)8-4-3-6(17)5-7(8)18/h3-5,11,23H,2H2,1H3. The Hall–Kier alpha value is -1.48. The number of halogens is 5. The number of urea groups is 1. The van der Waals surface area contributed by atoms with Gasteiger partial charge in [-0.15, -0.1) is 0 Å². The molecular formula is C13H10Cl3F2N3O3. The number of carbonyl (C=O) groups is 2. The molecule has 1 heterocycles. The van der Waals surface area contributed by atoms with Crippen LogP contribution in [0.15, 0.2) is 23.2 Å². The van der Waals surface area contributed by atoms with Crippen molar-refractivity contribution < 1.29 is 23.5 Å². The predicted octanol–water partition coefficient (Wildman–Crippen LogP) is 2.84. The Morgan fingerprint density at radius 2 is 1.92 bits per heavy atom. The van der Waals surface area contributed by atoms with Crippen molar-refractivity contribution in [1.82, 2.24) is 4.90 Å². The summed E-state index contributed by atoms with van der Waals surface area (Å²) in [5.74, 6) is -3.55. The third-order valence-electron chi connectivity index (χ3n) is 3.08. The maximum absolute atomic E-state index is 13.9. The molecule has 0 spiro atoms. The molecule has 1 saturated heterocycles. The maximum Gasteiger partial charge on any atom is 0.337 e. The Bertz CT molecular complexity index is 724. The Morgan fingerprint density at radius 3 is 2.42 bits per heavy atom. The molecule has 3 amide bonds. The molecule has 0 saturated carbocycles. The van der Waals surface area contributed by atoms with E-state index in [9.17, 15) is 23.5 Å². The fraction of sp³-hybridized carbons (Fsp3) is 0.308. The predicted molar refractivity (Wildman–Crippen MR) is 85.4 cm³/mol. The molecular weight excluding hydrogens is 391 g/mol. The third kappa shape index (κ3) is 3.46. The topological polar surface area (TPSA) is 73.2 Å². The van der Waals surface area contributed by atoms with E-state index in [1.165, 1.54) is 6.92 Å². The zero-order valence-corrected chi connectivity index (χ0v) is 14.3. The van der Waals surface area contributed by atoms with Crippen molar-refractivity contribution in [3.63, 3.8) is 0 Å². The smallest absolute Gasteiger partial charge is 0.337 e.